The molecule has 1 atom stereocenters. The molecule has 1 saturated carbocycles. The van der Waals surface area contributed by atoms with Crippen LogP contribution in [0.5, 0.6) is 0 Å². The summed E-state index contributed by atoms with van der Waals surface area (Å²) in [5.41, 5.74) is 1.00. The van der Waals surface area contributed by atoms with Crippen molar-refractivity contribution < 1.29 is 18.3 Å². The largest absolute Gasteiger partial charge is 0.481 e. The Bertz CT molecular complexity index is 581. The van der Waals surface area contributed by atoms with Gasteiger partial charge in [0, 0.05) is 12.5 Å². The zero-order chi connectivity index (χ0) is 16.0. The molecular weight excluding hydrogens is 302 g/mol. The Labute approximate surface area is 131 Å². The van der Waals surface area contributed by atoms with E-state index in [-0.39, 0.29) is 24.1 Å². The van der Waals surface area contributed by atoms with Crippen molar-refractivity contribution in [2.45, 2.75) is 44.6 Å². The SMILES string of the molecule is O=C(O)CCC(Cc1ccccc1)NS(=O)(=O)CC1CCC1. The van der Waals surface area contributed by atoms with E-state index in [9.17, 15) is 13.2 Å². The second kappa shape index (κ2) is 7.74. The minimum absolute atomic E-state index is 0.0382. The van der Waals surface area contributed by atoms with Crippen LogP contribution in [-0.2, 0) is 21.2 Å². The van der Waals surface area contributed by atoms with Crippen molar-refractivity contribution in [3.63, 3.8) is 0 Å². The summed E-state index contributed by atoms with van der Waals surface area (Å²) in [5.74, 6) is -0.489. The number of carboxylic acids is 1. The van der Waals surface area contributed by atoms with Crippen molar-refractivity contribution >= 4 is 16.0 Å². The monoisotopic (exact) mass is 325 g/mol. The third-order valence-corrected chi connectivity index (χ3v) is 5.66. The summed E-state index contributed by atoms with van der Waals surface area (Å²) in [6.07, 6.45) is 3.82. The van der Waals surface area contributed by atoms with Crippen LogP contribution in [0.3, 0.4) is 0 Å². The predicted molar refractivity (Wildman–Crippen MR) is 85.1 cm³/mol. The Kier molecular flexibility index (Phi) is 5.97. The maximum atomic E-state index is 12.2. The molecular formula is C16H23NO4S. The van der Waals surface area contributed by atoms with Gasteiger partial charge in [0.1, 0.15) is 0 Å². The molecule has 0 aliphatic heterocycles. The molecule has 1 unspecified atom stereocenters. The van der Waals surface area contributed by atoms with Crippen LogP contribution in [0, 0.1) is 5.92 Å². The lowest BCUT2D eigenvalue weighted by Crippen LogP contribution is -2.40. The van der Waals surface area contributed by atoms with Crippen molar-refractivity contribution in [1.82, 2.24) is 4.72 Å². The molecule has 5 nitrogen and oxygen atoms in total. The number of carbonyl (C=O) groups is 1. The Hall–Kier alpha value is -1.40. The van der Waals surface area contributed by atoms with Crippen LogP contribution < -0.4 is 4.72 Å². The van der Waals surface area contributed by atoms with Crippen LogP contribution in [0.25, 0.3) is 0 Å². The van der Waals surface area contributed by atoms with E-state index >= 15 is 0 Å². The predicted octanol–water partition coefficient (Wildman–Crippen LogP) is 2.18. The van der Waals surface area contributed by atoms with Crippen LogP contribution in [-0.4, -0.2) is 31.3 Å². The van der Waals surface area contributed by atoms with E-state index in [0.717, 1.165) is 24.8 Å². The molecule has 0 radical (unpaired) electrons. The van der Waals surface area contributed by atoms with Crippen molar-refractivity contribution in [1.29, 1.82) is 0 Å². The Morgan fingerprint density at radius 2 is 1.95 bits per heavy atom. The van der Waals surface area contributed by atoms with Gasteiger partial charge < -0.3 is 5.11 Å². The fourth-order valence-corrected chi connectivity index (χ4v) is 4.43. The van der Waals surface area contributed by atoms with E-state index < -0.39 is 16.0 Å². The number of hydrogen-bond donors (Lipinski definition) is 2. The Morgan fingerprint density at radius 1 is 1.27 bits per heavy atom. The molecule has 22 heavy (non-hydrogen) atoms. The van der Waals surface area contributed by atoms with E-state index in [4.69, 9.17) is 5.11 Å². The second-order valence-electron chi connectivity index (χ2n) is 6.02. The molecule has 0 amide bonds. The van der Waals surface area contributed by atoms with Crippen LogP contribution in [0.1, 0.15) is 37.7 Å². The summed E-state index contributed by atoms with van der Waals surface area (Å²) in [5, 5.41) is 8.84. The molecule has 2 rings (SSSR count). The van der Waals surface area contributed by atoms with Crippen LogP contribution in [0.15, 0.2) is 30.3 Å². The van der Waals surface area contributed by atoms with Gasteiger partial charge in [0.2, 0.25) is 10.0 Å². The maximum Gasteiger partial charge on any atom is 0.303 e. The van der Waals surface area contributed by atoms with Gasteiger partial charge in [0.15, 0.2) is 0 Å². The smallest absolute Gasteiger partial charge is 0.303 e. The summed E-state index contributed by atoms with van der Waals surface area (Å²) < 4.78 is 27.1. The summed E-state index contributed by atoms with van der Waals surface area (Å²) in [7, 11) is -3.35. The lowest BCUT2D eigenvalue weighted by Gasteiger charge is -2.26. The van der Waals surface area contributed by atoms with Gasteiger partial charge in [-0.3, -0.25) is 4.79 Å². The highest BCUT2D eigenvalue weighted by Gasteiger charge is 2.26. The fraction of sp³-hybridized carbons (Fsp3) is 0.562. The second-order valence-corrected chi connectivity index (χ2v) is 7.81. The first-order valence-electron chi connectivity index (χ1n) is 7.70. The third kappa shape index (κ3) is 5.77. The standard InChI is InChI=1S/C16H23NO4S/c18-16(19)10-9-15(11-13-5-2-1-3-6-13)17-22(20,21)12-14-7-4-8-14/h1-3,5-6,14-15,17H,4,7-12H2,(H,18,19). The van der Waals surface area contributed by atoms with Crippen molar-refractivity contribution in [2.24, 2.45) is 5.92 Å². The molecule has 0 saturated heterocycles. The highest BCUT2D eigenvalue weighted by atomic mass is 32.2. The van der Waals surface area contributed by atoms with Gasteiger partial charge in [-0.2, -0.15) is 0 Å². The topological polar surface area (TPSA) is 83.5 Å². The van der Waals surface area contributed by atoms with Gasteiger partial charge in [-0.1, -0.05) is 36.8 Å². The number of hydrogen-bond acceptors (Lipinski definition) is 3. The number of rotatable bonds is 9. The molecule has 2 N–H and O–H groups in total. The lowest BCUT2D eigenvalue weighted by molar-refractivity contribution is -0.137. The summed E-state index contributed by atoms with van der Waals surface area (Å²) in [6.45, 7) is 0. The van der Waals surface area contributed by atoms with Crippen molar-refractivity contribution in [2.75, 3.05) is 5.75 Å². The van der Waals surface area contributed by atoms with Crippen LogP contribution in [0.4, 0.5) is 0 Å². The lowest BCUT2D eigenvalue weighted by atomic mass is 9.87. The normalized spacial score (nSPS) is 16.9. The van der Waals surface area contributed by atoms with Gasteiger partial charge in [-0.05, 0) is 37.2 Å². The number of sulfonamides is 1. The first-order valence-corrected chi connectivity index (χ1v) is 9.35. The molecule has 0 spiro atoms. The molecule has 0 heterocycles. The van der Waals surface area contributed by atoms with Gasteiger partial charge in [0.05, 0.1) is 5.75 Å². The summed E-state index contributed by atoms with van der Waals surface area (Å²) in [6, 6.07) is 9.17. The van der Waals surface area contributed by atoms with Gasteiger partial charge in [-0.15, -0.1) is 0 Å². The molecule has 0 bridgehead atoms. The molecule has 1 aromatic carbocycles. The minimum Gasteiger partial charge on any atom is -0.481 e. The number of nitrogens with one attached hydrogen (secondary N) is 1. The summed E-state index contributed by atoms with van der Waals surface area (Å²) in [4.78, 5) is 10.8. The van der Waals surface area contributed by atoms with Crippen molar-refractivity contribution in [3.8, 4) is 0 Å². The number of benzene rings is 1. The van der Waals surface area contributed by atoms with Crippen LogP contribution >= 0.6 is 0 Å². The third-order valence-electron chi connectivity index (χ3n) is 4.06. The Morgan fingerprint density at radius 3 is 2.50 bits per heavy atom. The van der Waals surface area contributed by atoms with Gasteiger partial charge in [0.25, 0.3) is 0 Å². The van der Waals surface area contributed by atoms with E-state index in [2.05, 4.69) is 4.72 Å². The molecule has 122 valence electrons. The average Bonchev–Trinajstić information content (AvgIpc) is 2.41. The van der Waals surface area contributed by atoms with E-state index in [0.29, 0.717) is 12.8 Å². The maximum absolute atomic E-state index is 12.2. The first-order chi connectivity index (χ1) is 10.4. The van der Waals surface area contributed by atoms with E-state index in [1.165, 1.54) is 0 Å². The average molecular weight is 325 g/mol. The quantitative estimate of drug-likeness (QED) is 0.729. The first kappa shape index (κ1) is 17.0. The minimum atomic E-state index is -3.35. The van der Waals surface area contributed by atoms with Crippen LogP contribution in [0.2, 0.25) is 0 Å². The van der Waals surface area contributed by atoms with Crippen molar-refractivity contribution in [3.05, 3.63) is 35.9 Å². The molecule has 0 aromatic heterocycles. The zero-order valence-corrected chi connectivity index (χ0v) is 13.4. The highest BCUT2D eigenvalue weighted by molar-refractivity contribution is 7.89. The molecule has 1 aromatic rings. The molecule has 1 aliphatic rings. The molecule has 1 fully saturated rings. The van der Waals surface area contributed by atoms with Gasteiger partial charge >= 0.3 is 5.97 Å². The Balaban J connectivity index is 1.97. The van der Waals surface area contributed by atoms with E-state index in [1.54, 1.807) is 0 Å². The fourth-order valence-electron chi connectivity index (χ4n) is 2.67. The molecule has 6 heteroatoms. The summed E-state index contributed by atoms with van der Waals surface area (Å²) >= 11 is 0. The molecule has 1 aliphatic carbocycles. The van der Waals surface area contributed by atoms with E-state index in [1.807, 2.05) is 30.3 Å². The number of aliphatic carboxylic acids is 1. The zero-order valence-electron chi connectivity index (χ0n) is 12.6. The van der Waals surface area contributed by atoms with Gasteiger partial charge in [-0.25, -0.2) is 13.1 Å². The highest BCUT2D eigenvalue weighted by Crippen LogP contribution is 2.27. The number of carboxylic acid groups (broad SMARTS) is 1.